The van der Waals surface area contributed by atoms with Crippen LogP contribution >= 0.6 is 28.3 Å². The SMILES string of the molecule is Cl.NC1(c2cc(Br)no2)COC1. The van der Waals surface area contributed by atoms with E-state index in [1.54, 1.807) is 6.07 Å². The van der Waals surface area contributed by atoms with E-state index in [2.05, 4.69) is 21.1 Å². The van der Waals surface area contributed by atoms with Crippen molar-refractivity contribution in [3.8, 4) is 0 Å². The molecule has 0 aliphatic carbocycles. The molecule has 68 valence electrons. The minimum atomic E-state index is -0.445. The zero-order valence-electron chi connectivity index (χ0n) is 6.12. The summed E-state index contributed by atoms with van der Waals surface area (Å²) < 4.78 is 10.6. The Bertz CT molecular complexity index is 274. The summed E-state index contributed by atoms with van der Waals surface area (Å²) in [5.41, 5.74) is 5.41. The summed E-state index contributed by atoms with van der Waals surface area (Å²) in [7, 11) is 0. The Morgan fingerprint density at radius 1 is 1.58 bits per heavy atom. The van der Waals surface area contributed by atoms with Gasteiger partial charge in [0.25, 0.3) is 0 Å². The van der Waals surface area contributed by atoms with Gasteiger partial charge in [-0.1, -0.05) is 5.16 Å². The number of nitrogens with zero attached hydrogens (tertiary/aromatic N) is 1. The van der Waals surface area contributed by atoms with Gasteiger partial charge < -0.3 is 15.0 Å². The molecule has 1 aromatic rings. The highest BCUT2D eigenvalue weighted by atomic mass is 79.9. The molecule has 6 heteroatoms. The zero-order valence-corrected chi connectivity index (χ0v) is 8.52. The van der Waals surface area contributed by atoms with Crippen LogP contribution < -0.4 is 5.73 Å². The lowest BCUT2D eigenvalue weighted by Gasteiger charge is -2.34. The molecule has 1 aliphatic rings. The maximum atomic E-state index is 5.86. The number of hydrogen-bond donors (Lipinski definition) is 1. The number of ether oxygens (including phenoxy) is 1. The fourth-order valence-electron chi connectivity index (χ4n) is 0.953. The third-order valence-electron chi connectivity index (χ3n) is 1.69. The van der Waals surface area contributed by atoms with E-state index < -0.39 is 5.54 Å². The van der Waals surface area contributed by atoms with Gasteiger partial charge in [0.05, 0.1) is 13.2 Å². The van der Waals surface area contributed by atoms with Gasteiger partial charge in [0.15, 0.2) is 5.76 Å². The maximum Gasteiger partial charge on any atom is 0.162 e. The average Bonchev–Trinajstić information content (AvgIpc) is 2.31. The van der Waals surface area contributed by atoms with Crippen molar-refractivity contribution in [3.63, 3.8) is 0 Å². The Balaban J connectivity index is 0.000000720. The van der Waals surface area contributed by atoms with Crippen molar-refractivity contribution in [3.05, 3.63) is 16.4 Å². The van der Waals surface area contributed by atoms with Crippen LogP contribution in [0.2, 0.25) is 0 Å². The van der Waals surface area contributed by atoms with Gasteiger partial charge in [-0.25, -0.2) is 0 Å². The Labute approximate surface area is 84.0 Å². The van der Waals surface area contributed by atoms with Crippen molar-refractivity contribution in [1.82, 2.24) is 5.16 Å². The largest absolute Gasteiger partial charge is 0.376 e. The highest BCUT2D eigenvalue weighted by Crippen LogP contribution is 2.27. The van der Waals surface area contributed by atoms with Gasteiger partial charge in [-0.05, 0) is 15.9 Å². The highest BCUT2D eigenvalue weighted by molar-refractivity contribution is 9.10. The minimum Gasteiger partial charge on any atom is -0.376 e. The predicted octanol–water partition coefficient (Wildman–Crippen LogP) is 1.04. The van der Waals surface area contributed by atoms with E-state index in [0.717, 1.165) is 0 Å². The maximum absolute atomic E-state index is 5.86. The molecule has 0 radical (unpaired) electrons. The first-order valence-corrected chi connectivity index (χ1v) is 3.99. The molecule has 1 aliphatic heterocycles. The van der Waals surface area contributed by atoms with E-state index >= 15 is 0 Å². The quantitative estimate of drug-likeness (QED) is 0.814. The molecule has 0 saturated carbocycles. The smallest absolute Gasteiger partial charge is 0.162 e. The third kappa shape index (κ3) is 1.50. The lowest BCUT2D eigenvalue weighted by Crippen LogP contribution is -2.54. The van der Waals surface area contributed by atoms with Crippen LogP contribution in [-0.2, 0) is 10.3 Å². The second-order valence-corrected chi connectivity index (χ2v) is 3.48. The lowest BCUT2D eigenvalue weighted by atomic mass is 9.96. The molecule has 2 heterocycles. The first kappa shape index (κ1) is 9.98. The summed E-state index contributed by atoms with van der Waals surface area (Å²) in [5.74, 6) is 0.677. The summed E-state index contributed by atoms with van der Waals surface area (Å²) in [5, 5.41) is 3.67. The third-order valence-corrected chi connectivity index (χ3v) is 2.07. The number of aromatic nitrogens is 1. The molecule has 0 bridgehead atoms. The zero-order chi connectivity index (χ0) is 7.90. The Morgan fingerprint density at radius 2 is 2.25 bits per heavy atom. The molecule has 0 unspecified atom stereocenters. The van der Waals surface area contributed by atoms with Crippen LogP contribution in [0.3, 0.4) is 0 Å². The molecule has 1 aromatic heterocycles. The Morgan fingerprint density at radius 3 is 2.58 bits per heavy atom. The Hall–Kier alpha value is -0.100. The molecule has 12 heavy (non-hydrogen) atoms. The van der Waals surface area contributed by atoms with Crippen LogP contribution in [0.25, 0.3) is 0 Å². The number of nitrogens with two attached hydrogens (primary N) is 1. The Kier molecular flexibility index (Phi) is 2.77. The van der Waals surface area contributed by atoms with Gasteiger partial charge >= 0.3 is 0 Å². The first-order chi connectivity index (χ1) is 5.21. The fourth-order valence-corrected chi connectivity index (χ4v) is 1.23. The number of halogens is 2. The van der Waals surface area contributed by atoms with Crippen molar-refractivity contribution in [2.45, 2.75) is 5.54 Å². The lowest BCUT2D eigenvalue weighted by molar-refractivity contribution is -0.0689. The molecular weight excluding hydrogens is 247 g/mol. The topological polar surface area (TPSA) is 61.3 Å². The molecular formula is C6H8BrClN2O2. The average molecular weight is 255 g/mol. The van der Waals surface area contributed by atoms with Gasteiger partial charge in [-0.3, -0.25) is 0 Å². The van der Waals surface area contributed by atoms with E-state index in [-0.39, 0.29) is 12.4 Å². The van der Waals surface area contributed by atoms with Gasteiger partial charge in [-0.15, -0.1) is 12.4 Å². The van der Waals surface area contributed by atoms with Crippen molar-refractivity contribution < 1.29 is 9.26 Å². The second-order valence-electron chi connectivity index (χ2n) is 2.66. The van der Waals surface area contributed by atoms with E-state index in [1.165, 1.54) is 0 Å². The molecule has 0 amide bonds. The first-order valence-electron chi connectivity index (χ1n) is 3.20. The highest BCUT2D eigenvalue weighted by Gasteiger charge is 2.39. The van der Waals surface area contributed by atoms with Crippen molar-refractivity contribution in [2.75, 3.05) is 13.2 Å². The molecule has 4 nitrogen and oxygen atoms in total. The molecule has 0 spiro atoms. The second kappa shape index (κ2) is 3.33. The number of rotatable bonds is 1. The minimum absolute atomic E-state index is 0. The van der Waals surface area contributed by atoms with Gasteiger partial charge in [0.1, 0.15) is 10.1 Å². The van der Waals surface area contributed by atoms with E-state index in [9.17, 15) is 0 Å². The van der Waals surface area contributed by atoms with Crippen LogP contribution in [0.15, 0.2) is 15.2 Å². The summed E-state index contributed by atoms with van der Waals surface area (Å²) in [4.78, 5) is 0. The summed E-state index contributed by atoms with van der Waals surface area (Å²) >= 11 is 3.18. The van der Waals surface area contributed by atoms with E-state index in [4.69, 9.17) is 15.0 Å². The molecule has 0 atom stereocenters. The molecule has 1 fully saturated rings. The predicted molar refractivity (Wildman–Crippen MR) is 48.1 cm³/mol. The molecule has 1 saturated heterocycles. The fraction of sp³-hybridized carbons (Fsp3) is 0.500. The van der Waals surface area contributed by atoms with Crippen LogP contribution in [0.4, 0.5) is 0 Å². The van der Waals surface area contributed by atoms with Gasteiger partial charge in [0, 0.05) is 6.07 Å². The number of hydrogen-bond acceptors (Lipinski definition) is 4. The van der Waals surface area contributed by atoms with Crippen molar-refractivity contribution in [2.24, 2.45) is 5.73 Å². The molecule has 0 aromatic carbocycles. The normalized spacial score (nSPS) is 19.5. The molecule has 2 rings (SSSR count). The van der Waals surface area contributed by atoms with E-state index in [0.29, 0.717) is 23.6 Å². The van der Waals surface area contributed by atoms with Crippen molar-refractivity contribution in [1.29, 1.82) is 0 Å². The van der Waals surface area contributed by atoms with Crippen molar-refractivity contribution >= 4 is 28.3 Å². The molecule has 2 N–H and O–H groups in total. The standard InChI is InChI=1S/C6H7BrN2O2.ClH/c7-5-1-4(11-9-5)6(8)2-10-3-6;/h1H,2-3,8H2;1H. The van der Waals surface area contributed by atoms with Crippen LogP contribution in [0, 0.1) is 0 Å². The van der Waals surface area contributed by atoms with Crippen LogP contribution in [-0.4, -0.2) is 18.4 Å². The van der Waals surface area contributed by atoms with E-state index in [1.807, 2.05) is 0 Å². The summed E-state index contributed by atoms with van der Waals surface area (Å²) in [6, 6.07) is 1.77. The van der Waals surface area contributed by atoms with Crippen LogP contribution in [0.1, 0.15) is 5.76 Å². The summed E-state index contributed by atoms with van der Waals surface area (Å²) in [6.45, 7) is 1.02. The monoisotopic (exact) mass is 254 g/mol. The van der Waals surface area contributed by atoms with Crippen LogP contribution in [0.5, 0.6) is 0 Å². The van der Waals surface area contributed by atoms with Gasteiger partial charge in [0.2, 0.25) is 0 Å². The summed E-state index contributed by atoms with van der Waals surface area (Å²) in [6.07, 6.45) is 0. The van der Waals surface area contributed by atoms with Gasteiger partial charge in [-0.2, -0.15) is 0 Å².